The number of rotatable bonds is 7. The normalized spacial score (nSPS) is 40.3. The van der Waals surface area contributed by atoms with E-state index >= 15 is 0 Å². The number of hydrogen-bond acceptors (Lipinski definition) is 9. The number of carbonyl (C=O) groups is 2. The molecule has 5 fully saturated rings. The quantitative estimate of drug-likeness (QED) is 0.324. The first-order chi connectivity index (χ1) is 20.9. The molecule has 6 heterocycles. The third-order valence-electron chi connectivity index (χ3n) is 10.6. The Hall–Kier alpha value is -3.35. The van der Waals surface area contributed by atoms with Crippen molar-refractivity contribution in [3.63, 3.8) is 0 Å². The third kappa shape index (κ3) is 3.47. The van der Waals surface area contributed by atoms with Crippen LogP contribution < -0.4 is 0 Å². The van der Waals surface area contributed by atoms with Gasteiger partial charge in [0.05, 0.1) is 36.2 Å². The molecule has 1 unspecified atom stereocenters. The van der Waals surface area contributed by atoms with Crippen molar-refractivity contribution >= 4 is 11.9 Å². The number of methoxy groups -OCH3 is 2. The number of benzene rings is 1. The van der Waals surface area contributed by atoms with Gasteiger partial charge in [0, 0.05) is 31.2 Å². The predicted octanol–water partition coefficient (Wildman–Crippen LogP) is 4.49. The zero-order valence-corrected chi connectivity index (χ0v) is 25.0. The fourth-order valence-electron chi connectivity index (χ4n) is 8.88. The van der Waals surface area contributed by atoms with E-state index in [9.17, 15) is 22.8 Å². The van der Waals surface area contributed by atoms with Crippen molar-refractivity contribution in [1.82, 2.24) is 4.90 Å². The van der Waals surface area contributed by atoms with Crippen molar-refractivity contribution in [1.29, 1.82) is 0 Å². The van der Waals surface area contributed by atoms with Crippen LogP contribution in [0.4, 0.5) is 13.2 Å². The molecule has 12 heteroatoms. The first-order valence-corrected chi connectivity index (χ1v) is 14.8. The van der Waals surface area contributed by atoms with Crippen LogP contribution in [0, 0.1) is 17.8 Å². The largest absolute Gasteiger partial charge is 0.492 e. The lowest BCUT2D eigenvalue weighted by atomic mass is 9.71. The molecule has 0 aliphatic carbocycles. The van der Waals surface area contributed by atoms with Crippen molar-refractivity contribution < 1.29 is 51.2 Å². The summed E-state index contributed by atoms with van der Waals surface area (Å²) in [5.41, 5.74) is -3.84. The Morgan fingerprint density at radius 1 is 1.20 bits per heavy atom. The number of halogens is 3. The second-order valence-electron chi connectivity index (χ2n) is 12.4. The molecule has 1 aromatic rings. The third-order valence-corrected chi connectivity index (χ3v) is 10.6. The van der Waals surface area contributed by atoms with Crippen LogP contribution in [0.25, 0.3) is 0 Å². The van der Waals surface area contributed by atoms with Gasteiger partial charge in [0.15, 0.2) is 5.76 Å². The molecule has 44 heavy (non-hydrogen) atoms. The fraction of sp³-hybridized carbons (Fsp3) is 0.562. The van der Waals surface area contributed by atoms with E-state index in [-0.39, 0.29) is 41.2 Å². The van der Waals surface area contributed by atoms with E-state index < -0.39 is 41.1 Å². The molecule has 0 aromatic heterocycles. The molecule has 7 rings (SSSR count). The Bertz CT molecular complexity index is 1510. The fourth-order valence-corrected chi connectivity index (χ4v) is 8.88. The molecule has 10 atom stereocenters. The van der Waals surface area contributed by atoms with E-state index in [4.69, 9.17) is 28.4 Å². The van der Waals surface area contributed by atoms with Crippen molar-refractivity contribution in [2.24, 2.45) is 17.8 Å². The Kier molecular flexibility index (Phi) is 6.39. The van der Waals surface area contributed by atoms with Gasteiger partial charge in [0.2, 0.25) is 11.5 Å². The number of allylic oxidation sites excluding steroid dienone is 1. The standard InChI is InChI=1S/C32H34F3NO8/c1-16(41-28(38)30(40-5,32(33,34)35)19-9-7-6-8-10-19)11-13-29-21-12-14-36(29)20-15-22(29)43-31(21)23(20)17(2)25(44-31)26-24(39-4)18(3)27(37)42-26/h6-11,13,16-17,20-23H,12,14-15H2,1-5H3/b13-11+,26-25-/t16-,17+,20+,21+,22-,23-,29+,30-,31-/m1/s1. The van der Waals surface area contributed by atoms with Gasteiger partial charge in [0.1, 0.15) is 11.9 Å². The maximum Gasteiger partial charge on any atom is 0.432 e. The second-order valence-corrected chi connectivity index (χ2v) is 12.4. The highest BCUT2D eigenvalue weighted by molar-refractivity contribution is 5.93. The molecule has 6 aliphatic rings. The minimum absolute atomic E-state index is 0.0225. The average molecular weight is 618 g/mol. The van der Waals surface area contributed by atoms with Gasteiger partial charge in [-0.05, 0) is 32.8 Å². The molecule has 0 radical (unpaired) electrons. The smallest absolute Gasteiger partial charge is 0.432 e. The first-order valence-electron chi connectivity index (χ1n) is 14.8. The zero-order valence-electron chi connectivity index (χ0n) is 25.0. The number of ether oxygens (including phenoxy) is 6. The van der Waals surface area contributed by atoms with Gasteiger partial charge in [-0.15, -0.1) is 0 Å². The van der Waals surface area contributed by atoms with Gasteiger partial charge in [-0.2, -0.15) is 13.2 Å². The molecule has 0 saturated carbocycles. The summed E-state index contributed by atoms with van der Waals surface area (Å²) < 4.78 is 78.1. The lowest BCUT2D eigenvalue weighted by molar-refractivity contribution is -0.277. The van der Waals surface area contributed by atoms with E-state index in [0.717, 1.165) is 26.5 Å². The number of piperidine rings is 1. The Labute approximate surface area is 252 Å². The monoisotopic (exact) mass is 617 g/mol. The van der Waals surface area contributed by atoms with Crippen molar-refractivity contribution in [3.05, 3.63) is 70.9 Å². The lowest BCUT2D eigenvalue weighted by Crippen LogP contribution is -2.60. The number of nitrogens with zero attached hydrogens (tertiary/aromatic N) is 1. The summed E-state index contributed by atoms with van der Waals surface area (Å²) in [7, 11) is 2.33. The van der Waals surface area contributed by atoms with Crippen LogP contribution in [0.5, 0.6) is 0 Å². The average Bonchev–Trinajstić information content (AvgIpc) is 3.70. The van der Waals surface area contributed by atoms with Crippen LogP contribution in [0.1, 0.15) is 39.2 Å². The number of carbonyl (C=O) groups excluding carboxylic acids is 2. The Morgan fingerprint density at radius 2 is 1.93 bits per heavy atom. The summed E-state index contributed by atoms with van der Waals surface area (Å²) in [4.78, 5) is 28.0. The van der Waals surface area contributed by atoms with Crippen LogP contribution in [0.15, 0.2) is 65.3 Å². The highest BCUT2D eigenvalue weighted by Gasteiger charge is 2.84. The maximum atomic E-state index is 14.4. The van der Waals surface area contributed by atoms with Crippen LogP contribution in [-0.2, 0) is 43.6 Å². The van der Waals surface area contributed by atoms with Crippen LogP contribution in [-0.4, -0.2) is 73.4 Å². The molecular formula is C32H34F3NO8. The topological polar surface area (TPSA) is 92.8 Å². The van der Waals surface area contributed by atoms with E-state index in [0.29, 0.717) is 17.1 Å². The van der Waals surface area contributed by atoms with Gasteiger partial charge in [-0.25, -0.2) is 9.59 Å². The molecule has 6 aliphatic heterocycles. The van der Waals surface area contributed by atoms with E-state index in [1.54, 1.807) is 19.1 Å². The lowest BCUT2D eigenvalue weighted by Gasteiger charge is -2.47. The summed E-state index contributed by atoms with van der Waals surface area (Å²) in [5.74, 6) is -2.06. The Morgan fingerprint density at radius 3 is 2.59 bits per heavy atom. The van der Waals surface area contributed by atoms with Gasteiger partial charge >= 0.3 is 18.1 Å². The van der Waals surface area contributed by atoms with Gasteiger partial charge in [-0.1, -0.05) is 43.3 Å². The van der Waals surface area contributed by atoms with Crippen molar-refractivity contribution in [2.45, 2.75) is 75.0 Å². The summed E-state index contributed by atoms with van der Waals surface area (Å²) in [6, 6.07) is 6.86. The summed E-state index contributed by atoms with van der Waals surface area (Å²) >= 11 is 0. The molecule has 1 spiro atoms. The number of fused-ring (bicyclic) bond motifs is 1. The molecular weight excluding hydrogens is 583 g/mol. The highest BCUT2D eigenvalue weighted by atomic mass is 19.4. The second kappa shape index (κ2) is 9.58. The molecule has 236 valence electrons. The van der Waals surface area contributed by atoms with Gasteiger partial charge < -0.3 is 28.4 Å². The van der Waals surface area contributed by atoms with Crippen molar-refractivity contribution in [3.8, 4) is 0 Å². The first kappa shape index (κ1) is 29.4. The number of alkyl halides is 3. The van der Waals surface area contributed by atoms with Gasteiger partial charge in [0.25, 0.3) is 5.60 Å². The number of hydrogen-bond donors (Lipinski definition) is 0. The highest BCUT2D eigenvalue weighted by Crippen LogP contribution is 2.72. The SMILES string of the molecule is COC1=C(C)C(=O)O/C1=C1\O[C@@]23O[C@@H]4C[C@@H]([C@H]2[C@@H]1C)N1CC[C@H]3[C@@]41/C=C/[C@@H](C)OC(=O)[C@](OC)(c1ccccc1)C(F)(F)F. The van der Waals surface area contributed by atoms with Crippen molar-refractivity contribution in [2.75, 3.05) is 20.8 Å². The molecule has 9 nitrogen and oxygen atoms in total. The summed E-state index contributed by atoms with van der Waals surface area (Å²) in [5, 5.41) is 0. The number of cyclic esters (lactones) is 1. The molecule has 5 bridgehead atoms. The summed E-state index contributed by atoms with van der Waals surface area (Å²) in [6.07, 6.45) is -1.20. The zero-order chi connectivity index (χ0) is 31.4. The van der Waals surface area contributed by atoms with Crippen LogP contribution in [0.2, 0.25) is 0 Å². The summed E-state index contributed by atoms with van der Waals surface area (Å²) in [6.45, 7) is 6.02. The minimum Gasteiger partial charge on any atom is -0.492 e. The van der Waals surface area contributed by atoms with E-state index in [1.165, 1.54) is 38.3 Å². The maximum absolute atomic E-state index is 14.4. The predicted molar refractivity (Wildman–Crippen MR) is 146 cm³/mol. The molecule has 5 saturated heterocycles. The Balaban J connectivity index is 1.18. The molecule has 0 amide bonds. The molecule has 1 aromatic carbocycles. The van der Waals surface area contributed by atoms with E-state index in [1.807, 2.05) is 13.0 Å². The van der Waals surface area contributed by atoms with Crippen LogP contribution >= 0.6 is 0 Å². The van der Waals surface area contributed by atoms with E-state index in [2.05, 4.69) is 4.90 Å². The molecule has 0 N–H and O–H groups in total. The number of esters is 2. The minimum atomic E-state index is -5.06. The van der Waals surface area contributed by atoms with Crippen LogP contribution in [0.3, 0.4) is 0 Å². The van der Waals surface area contributed by atoms with Gasteiger partial charge in [-0.3, -0.25) is 4.90 Å².